The number of carbonyl (C=O) groups excluding carboxylic acids is 1. The van der Waals surface area contributed by atoms with E-state index >= 15 is 0 Å². The Morgan fingerprint density at radius 2 is 1.73 bits per heavy atom. The van der Waals surface area contributed by atoms with Crippen LogP contribution in [0.1, 0.15) is 49.1 Å². The zero-order valence-electron chi connectivity index (χ0n) is 25.9. The fraction of sp³-hybridized carbons (Fsp3) is 0.257. The Morgan fingerprint density at radius 3 is 2.44 bits per heavy atom. The second-order valence-corrected chi connectivity index (χ2v) is 11.3. The number of aromatic nitrogens is 1. The number of thiazole rings is 1. The SMILES string of the molecule is CCN(CC)C(=O)C1=C(C)N=c2s/c(=C/c3ccc(OCc4ccccc4C#N)c(OC)c3)c(=O)n2[C@H]1c1ccccc1OC. The maximum absolute atomic E-state index is 14.1. The second-order valence-electron chi connectivity index (χ2n) is 10.3. The molecule has 1 atom stereocenters. The molecule has 1 amide bonds. The molecule has 0 saturated heterocycles. The molecule has 3 aromatic carbocycles. The summed E-state index contributed by atoms with van der Waals surface area (Å²) in [5, 5.41) is 9.39. The van der Waals surface area contributed by atoms with Crippen LogP contribution in [0.2, 0.25) is 0 Å². The Labute approximate surface area is 265 Å². The Kier molecular flexibility index (Phi) is 9.50. The highest BCUT2D eigenvalue weighted by Crippen LogP contribution is 2.36. The summed E-state index contributed by atoms with van der Waals surface area (Å²) >= 11 is 1.26. The zero-order valence-corrected chi connectivity index (χ0v) is 26.7. The average Bonchev–Trinajstić information content (AvgIpc) is 3.37. The van der Waals surface area contributed by atoms with Crippen LogP contribution in [0, 0.1) is 11.3 Å². The van der Waals surface area contributed by atoms with E-state index < -0.39 is 6.04 Å². The highest BCUT2D eigenvalue weighted by atomic mass is 32.1. The molecule has 4 aromatic rings. The van der Waals surface area contributed by atoms with Crippen LogP contribution in [0.15, 0.2) is 87.8 Å². The van der Waals surface area contributed by atoms with Crippen molar-refractivity contribution in [2.45, 2.75) is 33.4 Å². The van der Waals surface area contributed by atoms with Gasteiger partial charge in [-0.05, 0) is 56.7 Å². The van der Waals surface area contributed by atoms with Crippen molar-refractivity contribution in [3.8, 4) is 23.3 Å². The van der Waals surface area contributed by atoms with E-state index in [1.165, 1.54) is 11.3 Å². The highest BCUT2D eigenvalue weighted by molar-refractivity contribution is 7.07. The van der Waals surface area contributed by atoms with Gasteiger partial charge in [-0.1, -0.05) is 53.8 Å². The van der Waals surface area contributed by atoms with E-state index in [2.05, 4.69) is 6.07 Å². The lowest BCUT2D eigenvalue weighted by molar-refractivity contribution is -0.127. The van der Waals surface area contributed by atoms with Crippen molar-refractivity contribution in [2.75, 3.05) is 27.3 Å². The number of rotatable bonds is 10. The normalized spacial score (nSPS) is 14.3. The van der Waals surface area contributed by atoms with Crippen molar-refractivity contribution in [3.05, 3.63) is 120 Å². The number of hydrogen-bond donors (Lipinski definition) is 0. The van der Waals surface area contributed by atoms with Crippen LogP contribution in [0.25, 0.3) is 6.08 Å². The van der Waals surface area contributed by atoms with E-state index in [0.717, 1.165) is 11.1 Å². The van der Waals surface area contributed by atoms with Gasteiger partial charge in [-0.15, -0.1) is 0 Å². The van der Waals surface area contributed by atoms with Crippen molar-refractivity contribution in [2.24, 2.45) is 4.99 Å². The van der Waals surface area contributed by atoms with Gasteiger partial charge in [-0.3, -0.25) is 14.2 Å². The number of ether oxygens (including phenoxy) is 3. The van der Waals surface area contributed by atoms with Crippen molar-refractivity contribution in [3.63, 3.8) is 0 Å². The van der Waals surface area contributed by atoms with E-state index in [1.807, 2.05) is 69.3 Å². The summed E-state index contributed by atoms with van der Waals surface area (Å²) in [6, 6.07) is 21.6. The molecule has 0 N–H and O–H groups in total. The van der Waals surface area contributed by atoms with Gasteiger partial charge in [0.25, 0.3) is 11.5 Å². The monoisotopic (exact) mass is 622 g/mol. The molecule has 10 heteroatoms. The highest BCUT2D eigenvalue weighted by Gasteiger charge is 2.35. The lowest BCUT2D eigenvalue weighted by Gasteiger charge is -2.29. The maximum Gasteiger partial charge on any atom is 0.271 e. The minimum Gasteiger partial charge on any atom is -0.496 e. The van der Waals surface area contributed by atoms with Gasteiger partial charge in [0.15, 0.2) is 16.3 Å². The quantitative estimate of drug-likeness (QED) is 0.257. The van der Waals surface area contributed by atoms with Gasteiger partial charge >= 0.3 is 0 Å². The van der Waals surface area contributed by atoms with Gasteiger partial charge in [0.1, 0.15) is 18.4 Å². The second kappa shape index (κ2) is 13.7. The molecule has 0 unspecified atom stereocenters. The molecule has 2 heterocycles. The Bertz CT molecular complexity index is 2000. The lowest BCUT2D eigenvalue weighted by Crippen LogP contribution is -2.43. The van der Waals surface area contributed by atoms with Gasteiger partial charge in [-0.25, -0.2) is 4.99 Å². The van der Waals surface area contributed by atoms with Gasteiger partial charge in [0, 0.05) is 24.2 Å². The van der Waals surface area contributed by atoms with Crippen LogP contribution in [0.5, 0.6) is 17.2 Å². The summed E-state index contributed by atoms with van der Waals surface area (Å²) < 4.78 is 19.3. The molecule has 0 radical (unpaired) electrons. The number of nitriles is 1. The largest absolute Gasteiger partial charge is 0.496 e. The molecule has 9 nitrogen and oxygen atoms in total. The van der Waals surface area contributed by atoms with Gasteiger partial charge in [0.05, 0.1) is 41.7 Å². The standard InChI is InChI=1S/C35H34N4O5S/c1-6-38(7-2)34(41)31-22(3)37-35-39(32(31)26-14-10-11-15-27(26)42-4)33(40)30(45-35)19-23-16-17-28(29(18-23)43-5)44-21-25-13-9-8-12-24(25)20-36/h8-19,32H,6-7,21H2,1-5H3/b30-19+/t32-/m0/s1. The fourth-order valence-corrected chi connectivity index (χ4v) is 6.46. The summed E-state index contributed by atoms with van der Waals surface area (Å²) in [5.74, 6) is 1.41. The number of amides is 1. The molecule has 0 bridgehead atoms. The maximum atomic E-state index is 14.1. The number of fused-ring (bicyclic) bond motifs is 1. The van der Waals surface area contributed by atoms with E-state index in [-0.39, 0.29) is 18.1 Å². The van der Waals surface area contributed by atoms with Crippen LogP contribution in [-0.2, 0) is 11.4 Å². The number of benzene rings is 3. The summed E-state index contributed by atoms with van der Waals surface area (Å²) in [5.41, 5.74) is 3.50. The van der Waals surface area contributed by atoms with E-state index in [9.17, 15) is 14.9 Å². The first-order valence-electron chi connectivity index (χ1n) is 14.6. The number of hydrogen-bond acceptors (Lipinski definition) is 8. The Morgan fingerprint density at radius 1 is 1.02 bits per heavy atom. The number of methoxy groups -OCH3 is 2. The smallest absolute Gasteiger partial charge is 0.271 e. The number of carbonyl (C=O) groups is 1. The molecular formula is C35H34N4O5S. The summed E-state index contributed by atoms with van der Waals surface area (Å²) in [4.78, 5) is 35.0. The lowest BCUT2D eigenvalue weighted by atomic mass is 9.94. The number of nitrogens with zero attached hydrogens (tertiary/aromatic N) is 4. The average molecular weight is 623 g/mol. The van der Waals surface area contributed by atoms with Crippen LogP contribution in [0.4, 0.5) is 0 Å². The Balaban J connectivity index is 1.58. The van der Waals surface area contributed by atoms with Gasteiger partial charge in [-0.2, -0.15) is 5.26 Å². The minimum absolute atomic E-state index is 0.163. The van der Waals surface area contributed by atoms with Crippen LogP contribution in [0.3, 0.4) is 0 Å². The van der Waals surface area contributed by atoms with E-state index in [4.69, 9.17) is 19.2 Å². The third-order valence-corrected chi connectivity index (χ3v) is 8.73. The first kappa shape index (κ1) is 31.3. The minimum atomic E-state index is -0.714. The molecule has 5 rings (SSSR count). The molecule has 45 heavy (non-hydrogen) atoms. The van der Waals surface area contributed by atoms with Crippen molar-refractivity contribution >= 4 is 23.3 Å². The Hall–Kier alpha value is -5.14. The molecule has 1 aliphatic heterocycles. The van der Waals surface area contributed by atoms with Crippen LogP contribution >= 0.6 is 11.3 Å². The number of para-hydroxylation sites is 1. The predicted octanol–water partition coefficient (Wildman–Crippen LogP) is 4.57. The van der Waals surface area contributed by atoms with Crippen molar-refractivity contribution in [1.29, 1.82) is 5.26 Å². The van der Waals surface area contributed by atoms with Crippen LogP contribution < -0.4 is 29.1 Å². The molecule has 0 fully saturated rings. The summed E-state index contributed by atoms with van der Waals surface area (Å²) in [7, 11) is 3.13. The summed E-state index contributed by atoms with van der Waals surface area (Å²) in [6.07, 6.45) is 1.78. The number of allylic oxidation sites excluding steroid dienone is 1. The van der Waals surface area contributed by atoms with E-state index in [0.29, 0.717) is 62.1 Å². The molecule has 0 saturated carbocycles. The van der Waals surface area contributed by atoms with Gasteiger partial charge in [0.2, 0.25) is 0 Å². The van der Waals surface area contributed by atoms with Gasteiger partial charge < -0.3 is 19.1 Å². The number of likely N-dealkylation sites (N-methyl/N-ethyl adjacent to an activating group) is 1. The third kappa shape index (κ3) is 6.12. The first-order valence-corrected chi connectivity index (χ1v) is 15.4. The molecule has 1 aliphatic rings. The molecular weight excluding hydrogens is 588 g/mol. The first-order chi connectivity index (χ1) is 21.8. The predicted molar refractivity (Wildman–Crippen MR) is 173 cm³/mol. The van der Waals surface area contributed by atoms with E-state index in [1.54, 1.807) is 48.0 Å². The molecule has 230 valence electrons. The van der Waals surface area contributed by atoms with Crippen molar-refractivity contribution in [1.82, 2.24) is 9.47 Å². The third-order valence-electron chi connectivity index (χ3n) is 7.74. The molecule has 0 aliphatic carbocycles. The fourth-order valence-electron chi connectivity index (χ4n) is 5.42. The van der Waals surface area contributed by atoms with Crippen LogP contribution in [-0.4, -0.2) is 42.7 Å². The molecule has 0 spiro atoms. The van der Waals surface area contributed by atoms with Crippen molar-refractivity contribution < 1.29 is 19.0 Å². The molecule has 1 aromatic heterocycles. The zero-order chi connectivity index (χ0) is 32.1. The topological polar surface area (TPSA) is 106 Å². The summed E-state index contributed by atoms with van der Waals surface area (Å²) in [6.45, 7) is 6.94.